The quantitative estimate of drug-likeness (QED) is 0.852. The smallest absolute Gasteiger partial charge is 0.264 e. The summed E-state index contributed by atoms with van der Waals surface area (Å²) in [4.78, 5) is 3.59. The van der Waals surface area contributed by atoms with E-state index in [1.165, 1.54) is 24.5 Å². The fourth-order valence-corrected chi connectivity index (χ4v) is 3.74. The first-order valence-corrected chi connectivity index (χ1v) is 7.31. The summed E-state index contributed by atoms with van der Waals surface area (Å²) in [7, 11) is -3.90. The maximum Gasteiger partial charge on any atom is 0.264 e. The number of pyridine rings is 1. The van der Waals surface area contributed by atoms with Gasteiger partial charge in [-0.25, -0.2) is 8.42 Å². The van der Waals surface area contributed by atoms with E-state index >= 15 is 0 Å². The zero-order valence-electron chi connectivity index (χ0n) is 9.47. The van der Waals surface area contributed by atoms with Crippen LogP contribution < -0.4 is 10.5 Å². The third-order valence-electron chi connectivity index (χ3n) is 2.20. The van der Waals surface area contributed by atoms with Crippen LogP contribution in [0.5, 0.6) is 0 Å². The normalized spacial score (nSPS) is 11.3. The van der Waals surface area contributed by atoms with Crippen LogP contribution in [0, 0.1) is 0 Å². The molecule has 2 aromatic rings. The van der Waals surface area contributed by atoms with Crippen LogP contribution in [0.2, 0.25) is 10.0 Å². The molecule has 8 heteroatoms. The first-order valence-electron chi connectivity index (χ1n) is 5.07. The third-order valence-corrected chi connectivity index (χ3v) is 4.51. The van der Waals surface area contributed by atoms with Crippen molar-refractivity contribution in [2.45, 2.75) is 4.90 Å². The van der Waals surface area contributed by atoms with E-state index in [0.29, 0.717) is 5.69 Å². The highest BCUT2D eigenvalue weighted by Crippen LogP contribution is 2.32. The number of benzene rings is 1. The molecule has 3 N–H and O–H groups in total. The molecule has 0 unspecified atom stereocenters. The van der Waals surface area contributed by atoms with Crippen molar-refractivity contribution in [2.75, 3.05) is 10.5 Å². The molecule has 1 heterocycles. The van der Waals surface area contributed by atoms with Crippen molar-refractivity contribution in [1.29, 1.82) is 0 Å². The largest absolute Gasteiger partial charge is 0.399 e. The number of aromatic nitrogens is 1. The van der Waals surface area contributed by atoms with Crippen LogP contribution in [0.1, 0.15) is 0 Å². The Hall–Kier alpha value is -1.50. The van der Waals surface area contributed by atoms with Crippen molar-refractivity contribution in [3.05, 3.63) is 46.7 Å². The Morgan fingerprint density at radius 2 is 1.84 bits per heavy atom. The number of rotatable bonds is 3. The number of halogens is 2. The third kappa shape index (κ3) is 3.09. The molecular weight excluding hydrogens is 309 g/mol. The van der Waals surface area contributed by atoms with E-state index in [9.17, 15) is 8.42 Å². The van der Waals surface area contributed by atoms with Gasteiger partial charge in [0.25, 0.3) is 10.0 Å². The first kappa shape index (κ1) is 13.9. The van der Waals surface area contributed by atoms with Crippen LogP contribution in [0.4, 0.5) is 11.4 Å². The van der Waals surface area contributed by atoms with Gasteiger partial charge in [0.1, 0.15) is 4.90 Å². The lowest BCUT2D eigenvalue weighted by atomic mass is 10.3. The zero-order valence-corrected chi connectivity index (χ0v) is 11.8. The van der Waals surface area contributed by atoms with E-state index in [4.69, 9.17) is 28.9 Å². The molecular formula is C11H9Cl2N3O2S. The number of anilines is 2. The number of hydrogen-bond donors (Lipinski definition) is 2. The second kappa shape index (κ2) is 5.24. The van der Waals surface area contributed by atoms with Gasteiger partial charge in [0.05, 0.1) is 21.9 Å². The maximum atomic E-state index is 12.2. The first-order chi connectivity index (χ1) is 8.90. The molecule has 2 rings (SSSR count). The lowest BCUT2D eigenvalue weighted by Crippen LogP contribution is -2.14. The Morgan fingerprint density at radius 1 is 1.21 bits per heavy atom. The summed E-state index contributed by atoms with van der Waals surface area (Å²) in [6.07, 6.45) is 2.90. The number of nitrogens with one attached hydrogen (secondary N) is 1. The topological polar surface area (TPSA) is 85.1 Å². The summed E-state index contributed by atoms with van der Waals surface area (Å²) in [5.74, 6) is 0. The SMILES string of the molecule is Nc1cc(Cl)c(S(=O)(=O)Nc2cccnc2)c(Cl)c1. The molecule has 0 aliphatic heterocycles. The van der Waals surface area contributed by atoms with Crippen LogP contribution in [-0.4, -0.2) is 13.4 Å². The Bertz CT molecular complexity index is 682. The van der Waals surface area contributed by atoms with Crippen LogP contribution in [0.25, 0.3) is 0 Å². The van der Waals surface area contributed by atoms with Crippen molar-refractivity contribution in [1.82, 2.24) is 4.98 Å². The Balaban J connectivity index is 2.46. The molecule has 0 aliphatic rings. The highest BCUT2D eigenvalue weighted by Gasteiger charge is 2.22. The van der Waals surface area contributed by atoms with Gasteiger partial charge >= 0.3 is 0 Å². The van der Waals surface area contributed by atoms with E-state index in [-0.39, 0.29) is 20.6 Å². The monoisotopic (exact) mass is 317 g/mol. The Kier molecular flexibility index (Phi) is 3.84. The van der Waals surface area contributed by atoms with E-state index in [2.05, 4.69) is 9.71 Å². The van der Waals surface area contributed by atoms with Gasteiger partial charge in [-0.15, -0.1) is 0 Å². The predicted octanol–water partition coefficient (Wildman–Crippen LogP) is 2.77. The van der Waals surface area contributed by atoms with Crippen molar-refractivity contribution in [2.24, 2.45) is 0 Å². The highest BCUT2D eigenvalue weighted by molar-refractivity contribution is 7.93. The Labute approximate surface area is 120 Å². The van der Waals surface area contributed by atoms with Gasteiger partial charge in [-0.2, -0.15) is 0 Å². The van der Waals surface area contributed by atoms with Gasteiger partial charge in [0, 0.05) is 11.9 Å². The maximum absolute atomic E-state index is 12.2. The molecule has 0 atom stereocenters. The van der Waals surface area contributed by atoms with Crippen molar-refractivity contribution < 1.29 is 8.42 Å². The summed E-state index contributed by atoms with van der Waals surface area (Å²) in [6.45, 7) is 0. The molecule has 19 heavy (non-hydrogen) atoms. The second-order valence-corrected chi connectivity index (χ2v) is 6.09. The molecule has 0 amide bonds. The molecule has 0 bridgehead atoms. The average Bonchev–Trinajstić information content (AvgIpc) is 2.27. The lowest BCUT2D eigenvalue weighted by Gasteiger charge is -2.11. The van der Waals surface area contributed by atoms with Gasteiger partial charge in [0.2, 0.25) is 0 Å². The van der Waals surface area contributed by atoms with Crippen molar-refractivity contribution in [3.8, 4) is 0 Å². The lowest BCUT2D eigenvalue weighted by molar-refractivity contribution is 0.601. The molecule has 1 aromatic carbocycles. The van der Waals surface area contributed by atoms with E-state index in [0.717, 1.165) is 0 Å². The average molecular weight is 318 g/mol. The number of nitrogens with zero attached hydrogens (tertiary/aromatic N) is 1. The summed E-state index contributed by atoms with van der Waals surface area (Å²) in [5, 5.41) is -0.0808. The van der Waals surface area contributed by atoms with Gasteiger partial charge < -0.3 is 5.73 Å². The molecule has 0 spiro atoms. The molecule has 0 fully saturated rings. The molecule has 0 saturated carbocycles. The van der Waals surface area contributed by atoms with Gasteiger partial charge in [-0.05, 0) is 24.3 Å². The minimum Gasteiger partial charge on any atom is -0.399 e. The van der Waals surface area contributed by atoms with Crippen molar-refractivity contribution >= 4 is 44.6 Å². The molecule has 0 saturated heterocycles. The number of nitrogen functional groups attached to an aromatic ring is 1. The standard InChI is InChI=1S/C11H9Cl2N3O2S/c12-9-4-7(14)5-10(13)11(9)19(17,18)16-8-2-1-3-15-6-8/h1-6,16H,14H2. The highest BCUT2D eigenvalue weighted by atomic mass is 35.5. The van der Waals surface area contributed by atoms with Crippen molar-refractivity contribution in [3.63, 3.8) is 0 Å². The fourth-order valence-electron chi connectivity index (χ4n) is 1.47. The van der Waals surface area contributed by atoms with E-state index < -0.39 is 10.0 Å². The zero-order chi connectivity index (χ0) is 14.0. The van der Waals surface area contributed by atoms with Crippen LogP contribution in [0.3, 0.4) is 0 Å². The van der Waals surface area contributed by atoms with Gasteiger partial charge in [0.15, 0.2) is 0 Å². The minimum atomic E-state index is -3.90. The molecule has 0 radical (unpaired) electrons. The Morgan fingerprint density at radius 3 is 2.37 bits per heavy atom. The van der Waals surface area contributed by atoms with Crippen LogP contribution >= 0.6 is 23.2 Å². The van der Waals surface area contributed by atoms with Gasteiger partial charge in [-0.3, -0.25) is 9.71 Å². The van der Waals surface area contributed by atoms with Crippen LogP contribution in [-0.2, 0) is 10.0 Å². The molecule has 100 valence electrons. The minimum absolute atomic E-state index is 0.0404. The van der Waals surface area contributed by atoms with E-state index in [1.807, 2.05) is 0 Å². The summed E-state index contributed by atoms with van der Waals surface area (Å²) in [5.41, 5.74) is 6.13. The molecule has 1 aromatic heterocycles. The summed E-state index contributed by atoms with van der Waals surface area (Å²) in [6, 6.07) is 5.81. The summed E-state index contributed by atoms with van der Waals surface area (Å²) >= 11 is 11.8. The number of nitrogens with two attached hydrogens (primary N) is 1. The van der Waals surface area contributed by atoms with E-state index in [1.54, 1.807) is 12.1 Å². The molecule has 5 nitrogen and oxygen atoms in total. The number of sulfonamides is 1. The second-order valence-electron chi connectivity index (χ2n) is 3.66. The van der Waals surface area contributed by atoms with Gasteiger partial charge in [-0.1, -0.05) is 23.2 Å². The number of hydrogen-bond acceptors (Lipinski definition) is 4. The fraction of sp³-hybridized carbons (Fsp3) is 0. The molecule has 0 aliphatic carbocycles. The summed E-state index contributed by atoms with van der Waals surface area (Å²) < 4.78 is 26.7. The predicted molar refractivity (Wildman–Crippen MR) is 75.9 cm³/mol. The van der Waals surface area contributed by atoms with Crippen LogP contribution in [0.15, 0.2) is 41.6 Å².